The van der Waals surface area contributed by atoms with Crippen LogP contribution in [-0.2, 0) is 20.9 Å². The summed E-state index contributed by atoms with van der Waals surface area (Å²) in [6, 6.07) is 12.9. The Balaban J connectivity index is 1.40. The number of carbonyl (C=O) groups excluding carboxylic acids is 2. The van der Waals surface area contributed by atoms with Gasteiger partial charge in [0.1, 0.15) is 12.4 Å². The highest BCUT2D eigenvalue weighted by Crippen LogP contribution is 2.24. The second kappa shape index (κ2) is 7.94. The fourth-order valence-electron chi connectivity index (χ4n) is 3.61. The number of nitrogens with one attached hydrogen (secondary N) is 1. The van der Waals surface area contributed by atoms with E-state index < -0.39 is 12.1 Å². The Labute approximate surface area is 157 Å². The van der Waals surface area contributed by atoms with Gasteiger partial charge in [-0.15, -0.1) is 0 Å². The summed E-state index contributed by atoms with van der Waals surface area (Å²) < 4.78 is 11.0. The monoisotopic (exact) mass is 369 g/mol. The number of hydrogen-bond acceptors (Lipinski definition) is 5. The van der Waals surface area contributed by atoms with E-state index in [1.807, 2.05) is 47.4 Å². The van der Waals surface area contributed by atoms with Crippen LogP contribution in [0.2, 0.25) is 0 Å². The first-order valence-electron chi connectivity index (χ1n) is 9.20. The normalized spacial score (nSPS) is 23.9. The van der Waals surface area contributed by atoms with Gasteiger partial charge in [-0.2, -0.15) is 0 Å². The predicted molar refractivity (Wildman–Crippen MR) is 97.6 cm³/mol. The number of ether oxygens (including phenoxy) is 1. The van der Waals surface area contributed by atoms with Gasteiger partial charge >= 0.3 is 0 Å². The summed E-state index contributed by atoms with van der Waals surface area (Å²) >= 11 is 0. The van der Waals surface area contributed by atoms with Crippen molar-refractivity contribution in [1.82, 2.24) is 15.1 Å². The van der Waals surface area contributed by atoms with E-state index in [9.17, 15) is 9.59 Å². The third kappa shape index (κ3) is 4.04. The highest BCUT2D eigenvalue weighted by Gasteiger charge is 2.39. The van der Waals surface area contributed by atoms with Gasteiger partial charge in [0.05, 0.1) is 18.8 Å². The highest BCUT2D eigenvalue weighted by molar-refractivity contribution is 5.86. The van der Waals surface area contributed by atoms with Gasteiger partial charge in [0.25, 0.3) is 5.91 Å². The zero-order chi connectivity index (χ0) is 18.6. The Morgan fingerprint density at radius 3 is 2.56 bits per heavy atom. The topological polar surface area (TPSA) is 75.0 Å². The number of morpholine rings is 1. The van der Waals surface area contributed by atoms with E-state index in [-0.39, 0.29) is 18.4 Å². The molecule has 0 spiro atoms. The van der Waals surface area contributed by atoms with Crippen molar-refractivity contribution in [2.24, 2.45) is 0 Å². The molecule has 7 nitrogen and oxygen atoms in total. The summed E-state index contributed by atoms with van der Waals surface area (Å²) in [5.41, 5.74) is 0.875. The zero-order valence-electron chi connectivity index (χ0n) is 15.0. The second-order valence-electron chi connectivity index (χ2n) is 6.87. The van der Waals surface area contributed by atoms with Gasteiger partial charge in [-0.3, -0.25) is 14.5 Å². The Morgan fingerprint density at radius 2 is 1.85 bits per heavy atom. The molecule has 4 rings (SSSR count). The molecule has 0 bridgehead atoms. The fraction of sp³-hybridized carbons (Fsp3) is 0.400. The van der Waals surface area contributed by atoms with Crippen LogP contribution >= 0.6 is 0 Å². The minimum Gasteiger partial charge on any atom is -0.468 e. The van der Waals surface area contributed by atoms with Crippen LogP contribution in [0.5, 0.6) is 0 Å². The van der Waals surface area contributed by atoms with E-state index in [4.69, 9.17) is 9.15 Å². The van der Waals surface area contributed by atoms with Gasteiger partial charge < -0.3 is 19.4 Å². The van der Waals surface area contributed by atoms with Gasteiger partial charge in [-0.1, -0.05) is 30.3 Å². The third-order valence-corrected chi connectivity index (χ3v) is 5.06. The van der Waals surface area contributed by atoms with Crippen molar-refractivity contribution in [2.45, 2.75) is 18.7 Å². The second-order valence-corrected chi connectivity index (χ2v) is 6.87. The molecule has 1 aromatic heterocycles. The molecule has 7 heteroatoms. The van der Waals surface area contributed by atoms with Crippen molar-refractivity contribution in [3.8, 4) is 0 Å². The van der Waals surface area contributed by atoms with Crippen LogP contribution < -0.4 is 5.32 Å². The van der Waals surface area contributed by atoms with Crippen molar-refractivity contribution in [1.29, 1.82) is 0 Å². The van der Waals surface area contributed by atoms with Crippen LogP contribution in [0.25, 0.3) is 0 Å². The van der Waals surface area contributed by atoms with Crippen LogP contribution in [0.3, 0.4) is 0 Å². The molecular weight excluding hydrogens is 346 g/mol. The first-order valence-corrected chi connectivity index (χ1v) is 9.20. The summed E-state index contributed by atoms with van der Waals surface area (Å²) in [7, 11) is 0. The SMILES string of the molecule is O=C1CO[C@H](C(=O)N2CCN(Cc3ccco3)CC2)[C@@H](c2ccccc2)N1. The van der Waals surface area contributed by atoms with Gasteiger partial charge in [0, 0.05) is 26.2 Å². The summed E-state index contributed by atoms with van der Waals surface area (Å²) in [4.78, 5) is 29.0. The van der Waals surface area contributed by atoms with Crippen molar-refractivity contribution in [3.05, 3.63) is 60.1 Å². The van der Waals surface area contributed by atoms with Gasteiger partial charge in [0.2, 0.25) is 5.91 Å². The summed E-state index contributed by atoms with van der Waals surface area (Å²) in [6.45, 7) is 3.49. The smallest absolute Gasteiger partial charge is 0.254 e. The Hall–Kier alpha value is -2.64. The van der Waals surface area contributed by atoms with Gasteiger partial charge in [0.15, 0.2) is 6.10 Å². The zero-order valence-corrected chi connectivity index (χ0v) is 15.0. The molecule has 2 aromatic rings. The van der Waals surface area contributed by atoms with Crippen LogP contribution in [-0.4, -0.2) is 60.5 Å². The van der Waals surface area contributed by atoms with Crippen molar-refractivity contribution >= 4 is 11.8 Å². The molecule has 2 amide bonds. The highest BCUT2D eigenvalue weighted by atomic mass is 16.5. The summed E-state index contributed by atoms with van der Waals surface area (Å²) in [5.74, 6) is 0.662. The summed E-state index contributed by atoms with van der Waals surface area (Å²) in [5, 5.41) is 2.91. The van der Waals surface area contributed by atoms with Gasteiger partial charge in [-0.05, 0) is 17.7 Å². The molecule has 2 aliphatic rings. The van der Waals surface area contributed by atoms with E-state index in [1.54, 1.807) is 6.26 Å². The molecule has 1 aromatic carbocycles. The number of nitrogens with zero attached hydrogens (tertiary/aromatic N) is 2. The molecular formula is C20H23N3O4. The molecule has 0 saturated carbocycles. The van der Waals surface area contributed by atoms with Crippen molar-refractivity contribution in [2.75, 3.05) is 32.8 Å². The van der Waals surface area contributed by atoms with E-state index in [1.165, 1.54) is 0 Å². The van der Waals surface area contributed by atoms with Crippen molar-refractivity contribution < 1.29 is 18.7 Å². The van der Waals surface area contributed by atoms with E-state index in [0.717, 1.165) is 31.0 Å². The van der Waals surface area contributed by atoms with Crippen LogP contribution in [0.4, 0.5) is 0 Å². The molecule has 142 valence electrons. The molecule has 1 N–H and O–H groups in total. The standard InChI is InChI=1S/C20H23N3O4/c24-17-14-27-19(18(21-17)15-5-2-1-3-6-15)20(25)23-10-8-22(9-11-23)13-16-7-4-12-26-16/h1-7,12,18-19H,8-11,13-14H2,(H,21,24)/t18-,19+/m1/s1. The van der Waals surface area contributed by atoms with E-state index >= 15 is 0 Å². The molecule has 27 heavy (non-hydrogen) atoms. The lowest BCUT2D eigenvalue weighted by Gasteiger charge is -2.39. The first kappa shape index (κ1) is 17.8. The maximum atomic E-state index is 13.1. The fourth-order valence-corrected chi connectivity index (χ4v) is 3.61. The van der Waals surface area contributed by atoms with Gasteiger partial charge in [-0.25, -0.2) is 0 Å². The maximum Gasteiger partial charge on any atom is 0.254 e. The number of amides is 2. The van der Waals surface area contributed by atoms with Crippen molar-refractivity contribution in [3.63, 3.8) is 0 Å². The number of piperazine rings is 1. The van der Waals surface area contributed by atoms with Crippen LogP contribution in [0.15, 0.2) is 53.1 Å². The van der Waals surface area contributed by atoms with Crippen LogP contribution in [0, 0.1) is 0 Å². The lowest BCUT2D eigenvalue weighted by atomic mass is 9.98. The average Bonchev–Trinajstić information content (AvgIpc) is 3.22. The lowest BCUT2D eigenvalue weighted by molar-refractivity contribution is -0.156. The summed E-state index contributed by atoms with van der Waals surface area (Å²) in [6.07, 6.45) is 0.981. The number of hydrogen-bond donors (Lipinski definition) is 1. The molecule has 2 aliphatic heterocycles. The Kier molecular flexibility index (Phi) is 5.22. The van der Waals surface area contributed by atoms with E-state index in [2.05, 4.69) is 10.2 Å². The lowest BCUT2D eigenvalue weighted by Crippen LogP contribution is -2.57. The molecule has 2 atom stereocenters. The first-order chi connectivity index (χ1) is 13.2. The minimum atomic E-state index is -0.693. The number of benzene rings is 1. The quantitative estimate of drug-likeness (QED) is 0.876. The largest absolute Gasteiger partial charge is 0.468 e. The molecule has 2 fully saturated rings. The molecule has 3 heterocycles. The third-order valence-electron chi connectivity index (χ3n) is 5.06. The predicted octanol–water partition coefficient (Wildman–Crippen LogP) is 1.18. The molecule has 0 unspecified atom stereocenters. The van der Waals surface area contributed by atoms with E-state index in [0.29, 0.717) is 13.1 Å². The maximum absolute atomic E-state index is 13.1. The number of rotatable bonds is 4. The molecule has 0 aliphatic carbocycles. The number of furan rings is 1. The number of carbonyl (C=O) groups is 2. The Morgan fingerprint density at radius 1 is 1.07 bits per heavy atom. The van der Waals surface area contributed by atoms with Crippen LogP contribution in [0.1, 0.15) is 17.4 Å². The Bertz CT molecular complexity index is 770. The minimum absolute atomic E-state index is 0.0681. The molecule has 0 radical (unpaired) electrons. The average molecular weight is 369 g/mol. The molecule has 2 saturated heterocycles.